The highest BCUT2D eigenvalue weighted by molar-refractivity contribution is 7.80. The minimum Gasteiger partial charge on any atom is -0.484 e. The number of ether oxygens (including phenoxy) is 2. The molecule has 0 atom stereocenters. The lowest BCUT2D eigenvalue weighted by Gasteiger charge is -2.26. The minimum absolute atomic E-state index is 0.0511. The number of hydrazone groups is 1. The average Bonchev–Trinajstić information content (AvgIpc) is 2.71. The second kappa shape index (κ2) is 11.5. The predicted octanol–water partition coefficient (Wildman–Crippen LogP) is 1.91. The number of likely N-dealkylation sites (tertiary alicyclic amines) is 1. The number of carbonyl (C=O) groups is 1. The van der Waals surface area contributed by atoms with E-state index in [4.69, 9.17) is 21.7 Å². The Morgan fingerprint density at radius 2 is 1.93 bits per heavy atom. The molecule has 1 aromatic rings. The second-order valence-corrected chi connectivity index (χ2v) is 6.72. The maximum Gasteiger partial charge on any atom is 0.260 e. The van der Waals surface area contributed by atoms with Crippen LogP contribution >= 0.6 is 12.2 Å². The largest absolute Gasteiger partial charge is 0.484 e. The number of nitrogens with one attached hydrogen (secondary N) is 2. The summed E-state index contributed by atoms with van der Waals surface area (Å²) < 4.78 is 10.6. The van der Waals surface area contributed by atoms with E-state index < -0.39 is 0 Å². The van der Waals surface area contributed by atoms with Crippen LogP contribution in [0.25, 0.3) is 0 Å². The SMILES string of the molecule is COCCNC(=S)N/N=C(/C)c1ccc(OCC(=O)N2CCCCC2)cc1. The van der Waals surface area contributed by atoms with Gasteiger partial charge in [-0.15, -0.1) is 0 Å². The monoisotopic (exact) mass is 392 g/mol. The lowest BCUT2D eigenvalue weighted by molar-refractivity contribution is -0.134. The summed E-state index contributed by atoms with van der Waals surface area (Å²) in [6, 6.07) is 7.49. The first-order valence-corrected chi connectivity index (χ1v) is 9.59. The van der Waals surface area contributed by atoms with Gasteiger partial charge in [-0.2, -0.15) is 5.10 Å². The lowest BCUT2D eigenvalue weighted by Crippen LogP contribution is -2.38. The van der Waals surface area contributed by atoms with Crippen LogP contribution in [0, 0.1) is 0 Å². The number of piperidine rings is 1. The summed E-state index contributed by atoms with van der Waals surface area (Å²) in [7, 11) is 1.64. The standard InChI is InChI=1S/C19H28N4O3S/c1-15(21-22-19(27)20-10-13-25-2)16-6-8-17(9-7-16)26-14-18(24)23-11-4-3-5-12-23/h6-9H,3-5,10-14H2,1-2H3,(H2,20,22,27)/b21-15-. The zero-order chi connectivity index (χ0) is 19.5. The summed E-state index contributed by atoms with van der Waals surface area (Å²) in [6.07, 6.45) is 3.37. The van der Waals surface area contributed by atoms with Crippen molar-refractivity contribution in [2.24, 2.45) is 5.10 Å². The van der Waals surface area contributed by atoms with Gasteiger partial charge < -0.3 is 19.7 Å². The molecule has 0 saturated carbocycles. The fourth-order valence-electron chi connectivity index (χ4n) is 2.68. The Morgan fingerprint density at radius 1 is 1.22 bits per heavy atom. The van der Waals surface area contributed by atoms with E-state index in [1.807, 2.05) is 36.1 Å². The molecule has 0 unspecified atom stereocenters. The van der Waals surface area contributed by atoms with Gasteiger partial charge in [-0.25, -0.2) is 0 Å². The fraction of sp³-hybridized carbons (Fsp3) is 0.526. The fourth-order valence-corrected chi connectivity index (χ4v) is 2.83. The molecule has 0 spiro atoms. The van der Waals surface area contributed by atoms with Crippen molar-refractivity contribution in [1.29, 1.82) is 0 Å². The van der Waals surface area contributed by atoms with E-state index in [2.05, 4.69) is 15.8 Å². The number of nitrogens with zero attached hydrogens (tertiary/aromatic N) is 2. The molecule has 2 rings (SSSR count). The third-order valence-electron chi connectivity index (χ3n) is 4.26. The van der Waals surface area contributed by atoms with Gasteiger partial charge in [-0.05, 0) is 68.2 Å². The van der Waals surface area contributed by atoms with Gasteiger partial charge in [0.1, 0.15) is 5.75 Å². The van der Waals surface area contributed by atoms with Crippen molar-refractivity contribution in [3.63, 3.8) is 0 Å². The van der Waals surface area contributed by atoms with Gasteiger partial charge in [0.05, 0.1) is 12.3 Å². The quantitative estimate of drug-likeness (QED) is 0.305. The maximum atomic E-state index is 12.1. The molecular weight excluding hydrogens is 364 g/mol. The van der Waals surface area contributed by atoms with Crippen molar-refractivity contribution in [3.8, 4) is 5.75 Å². The van der Waals surface area contributed by atoms with E-state index in [-0.39, 0.29) is 12.5 Å². The molecule has 148 valence electrons. The third-order valence-corrected chi connectivity index (χ3v) is 4.50. The van der Waals surface area contributed by atoms with E-state index in [0.29, 0.717) is 24.0 Å². The highest BCUT2D eigenvalue weighted by Crippen LogP contribution is 2.14. The Labute approximate surface area is 166 Å². The van der Waals surface area contributed by atoms with Crippen LogP contribution in [0.15, 0.2) is 29.4 Å². The van der Waals surface area contributed by atoms with Crippen LogP contribution in [0.2, 0.25) is 0 Å². The van der Waals surface area contributed by atoms with Gasteiger partial charge >= 0.3 is 0 Å². The third kappa shape index (κ3) is 7.52. The zero-order valence-corrected chi connectivity index (χ0v) is 16.8. The first-order chi connectivity index (χ1) is 13.1. The molecule has 1 fully saturated rings. The number of hydrogen-bond donors (Lipinski definition) is 2. The maximum absolute atomic E-state index is 12.1. The molecule has 1 heterocycles. The summed E-state index contributed by atoms with van der Waals surface area (Å²) in [5.41, 5.74) is 4.54. The Hall–Kier alpha value is -2.19. The van der Waals surface area contributed by atoms with Crippen LogP contribution in [-0.2, 0) is 9.53 Å². The first-order valence-electron chi connectivity index (χ1n) is 9.18. The molecule has 0 aliphatic carbocycles. The zero-order valence-electron chi connectivity index (χ0n) is 16.0. The summed E-state index contributed by atoms with van der Waals surface area (Å²) >= 11 is 5.13. The highest BCUT2D eigenvalue weighted by Gasteiger charge is 2.16. The second-order valence-electron chi connectivity index (χ2n) is 6.31. The van der Waals surface area contributed by atoms with Crippen molar-refractivity contribution < 1.29 is 14.3 Å². The molecule has 8 heteroatoms. The van der Waals surface area contributed by atoms with Gasteiger partial charge in [-0.3, -0.25) is 10.2 Å². The Balaban J connectivity index is 1.78. The smallest absolute Gasteiger partial charge is 0.260 e. The lowest BCUT2D eigenvalue weighted by atomic mass is 10.1. The predicted molar refractivity (Wildman–Crippen MR) is 110 cm³/mol. The Bertz CT molecular complexity index is 643. The molecule has 1 aromatic carbocycles. The van der Waals surface area contributed by atoms with Gasteiger partial charge in [-0.1, -0.05) is 0 Å². The van der Waals surface area contributed by atoms with Crippen LogP contribution < -0.4 is 15.5 Å². The molecule has 0 radical (unpaired) electrons. The normalized spacial score (nSPS) is 14.6. The van der Waals surface area contributed by atoms with Crippen LogP contribution in [0.4, 0.5) is 0 Å². The van der Waals surface area contributed by atoms with Crippen molar-refractivity contribution in [1.82, 2.24) is 15.6 Å². The number of carbonyl (C=O) groups excluding carboxylic acids is 1. The van der Waals surface area contributed by atoms with Crippen molar-refractivity contribution in [2.45, 2.75) is 26.2 Å². The van der Waals surface area contributed by atoms with Crippen molar-refractivity contribution >= 4 is 28.9 Å². The van der Waals surface area contributed by atoms with Crippen LogP contribution in [0.3, 0.4) is 0 Å². The van der Waals surface area contributed by atoms with Gasteiger partial charge in [0, 0.05) is 26.7 Å². The van der Waals surface area contributed by atoms with Crippen LogP contribution in [-0.4, -0.2) is 61.6 Å². The number of rotatable bonds is 8. The highest BCUT2D eigenvalue weighted by atomic mass is 32.1. The van der Waals surface area contributed by atoms with Crippen molar-refractivity contribution in [3.05, 3.63) is 29.8 Å². The van der Waals surface area contributed by atoms with Gasteiger partial charge in [0.25, 0.3) is 5.91 Å². The molecule has 0 bridgehead atoms. The van der Waals surface area contributed by atoms with Crippen molar-refractivity contribution in [2.75, 3.05) is 40.0 Å². The Kier molecular flexibility index (Phi) is 9.00. The van der Waals surface area contributed by atoms with Gasteiger partial charge in [0.15, 0.2) is 11.7 Å². The molecule has 1 aliphatic heterocycles. The summed E-state index contributed by atoms with van der Waals surface area (Å²) in [4.78, 5) is 14.0. The number of hydrogen-bond acceptors (Lipinski definition) is 5. The molecule has 7 nitrogen and oxygen atoms in total. The molecular formula is C19H28N4O3S. The van der Waals surface area contributed by atoms with Crippen LogP contribution in [0.1, 0.15) is 31.7 Å². The average molecular weight is 393 g/mol. The molecule has 27 heavy (non-hydrogen) atoms. The number of thiocarbonyl (C=S) groups is 1. The molecule has 1 saturated heterocycles. The molecule has 1 amide bonds. The molecule has 0 aromatic heterocycles. The topological polar surface area (TPSA) is 75.2 Å². The van der Waals surface area contributed by atoms with Crippen LogP contribution in [0.5, 0.6) is 5.75 Å². The summed E-state index contributed by atoms with van der Waals surface area (Å²) in [5, 5.41) is 7.69. The Morgan fingerprint density at radius 3 is 2.59 bits per heavy atom. The van der Waals surface area contributed by atoms with E-state index in [0.717, 1.165) is 37.2 Å². The summed E-state index contributed by atoms with van der Waals surface area (Å²) in [6.45, 7) is 4.85. The van der Waals surface area contributed by atoms with E-state index in [1.54, 1.807) is 7.11 Å². The van der Waals surface area contributed by atoms with E-state index >= 15 is 0 Å². The number of benzene rings is 1. The first kappa shape index (κ1) is 21.1. The number of amides is 1. The van der Waals surface area contributed by atoms with Gasteiger partial charge in [0.2, 0.25) is 0 Å². The molecule has 1 aliphatic rings. The number of methoxy groups -OCH3 is 1. The van der Waals surface area contributed by atoms with E-state index in [9.17, 15) is 4.79 Å². The summed E-state index contributed by atoms with van der Waals surface area (Å²) in [5.74, 6) is 0.719. The molecule has 2 N–H and O–H groups in total. The minimum atomic E-state index is 0.0511. The van der Waals surface area contributed by atoms with E-state index in [1.165, 1.54) is 6.42 Å².